The lowest BCUT2D eigenvalue weighted by Crippen LogP contribution is -2.66. The Kier molecular flexibility index (Phi) is 3.23. The molecule has 5 nitrogen and oxygen atoms in total. The summed E-state index contributed by atoms with van der Waals surface area (Å²) in [6.45, 7) is 5.01. The highest BCUT2D eigenvalue weighted by Crippen LogP contribution is 2.24. The van der Waals surface area contributed by atoms with Gasteiger partial charge in [-0.15, -0.1) is 0 Å². The largest absolute Gasteiger partial charge is 0.480 e. The Bertz CT molecular complexity index is 233. The normalized spacial score (nSPS) is 33.9. The fourth-order valence-corrected chi connectivity index (χ4v) is 2.57. The minimum Gasteiger partial charge on any atom is -0.480 e. The number of carbonyl (C=O) groups is 1. The van der Waals surface area contributed by atoms with Crippen molar-refractivity contribution in [3.8, 4) is 0 Å². The summed E-state index contributed by atoms with van der Waals surface area (Å²) in [5.41, 5.74) is -0.652. The summed E-state index contributed by atoms with van der Waals surface area (Å²) >= 11 is 0. The molecule has 0 bridgehead atoms. The van der Waals surface area contributed by atoms with Gasteiger partial charge in [0.25, 0.3) is 0 Å². The number of aliphatic carboxylic acids is 1. The van der Waals surface area contributed by atoms with Crippen LogP contribution in [0, 0.1) is 0 Å². The highest BCUT2D eigenvalue weighted by Gasteiger charge is 2.45. The van der Waals surface area contributed by atoms with Crippen LogP contribution >= 0.6 is 0 Å². The lowest BCUT2D eigenvalue weighted by molar-refractivity contribution is -0.153. The van der Waals surface area contributed by atoms with Crippen LogP contribution in [0.15, 0.2) is 0 Å². The molecular weight excluding hydrogens is 194 g/mol. The number of carboxylic acids is 1. The first kappa shape index (κ1) is 10.9. The van der Waals surface area contributed by atoms with Gasteiger partial charge in [0.15, 0.2) is 0 Å². The van der Waals surface area contributed by atoms with E-state index in [2.05, 4.69) is 15.5 Å². The van der Waals surface area contributed by atoms with Crippen molar-refractivity contribution in [2.24, 2.45) is 0 Å². The van der Waals surface area contributed by atoms with Crippen LogP contribution in [0.25, 0.3) is 0 Å². The topological polar surface area (TPSA) is 64.6 Å². The predicted octanol–water partition coefficient (Wildman–Crippen LogP) is -0.902. The van der Waals surface area contributed by atoms with E-state index in [4.69, 9.17) is 0 Å². The van der Waals surface area contributed by atoms with Crippen molar-refractivity contribution in [1.29, 1.82) is 0 Å². The first-order chi connectivity index (χ1) is 7.26. The van der Waals surface area contributed by atoms with E-state index in [-0.39, 0.29) is 0 Å². The quantitative estimate of drug-likeness (QED) is 0.555. The SMILES string of the molecule is O=C(O)C1(N2CCNCC2)CCCNC1. The molecule has 2 heterocycles. The van der Waals surface area contributed by atoms with Crippen LogP contribution < -0.4 is 10.6 Å². The number of rotatable bonds is 2. The van der Waals surface area contributed by atoms with Gasteiger partial charge in [-0.3, -0.25) is 9.69 Å². The van der Waals surface area contributed by atoms with Crippen molar-refractivity contribution in [3.05, 3.63) is 0 Å². The Balaban J connectivity index is 2.12. The smallest absolute Gasteiger partial charge is 0.325 e. The molecule has 2 fully saturated rings. The second kappa shape index (κ2) is 4.47. The standard InChI is InChI=1S/C10H19N3O2/c14-9(15)10(2-1-3-12-8-10)13-6-4-11-5-7-13/h11-12H,1-8H2,(H,14,15). The lowest BCUT2D eigenvalue weighted by atomic mass is 9.87. The van der Waals surface area contributed by atoms with Crippen LogP contribution in [-0.4, -0.2) is 60.8 Å². The molecule has 5 heteroatoms. The Hall–Kier alpha value is -0.650. The van der Waals surface area contributed by atoms with Crippen molar-refractivity contribution < 1.29 is 9.90 Å². The van der Waals surface area contributed by atoms with Crippen molar-refractivity contribution >= 4 is 5.97 Å². The molecule has 0 saturated carbocycles. The summed E-state index contributed by atoms with van der Waals surface area (Å²) in [7, 11) is 0. The summed E-state index contributed by atoms with van der Waals surface area (Å²) in [5.74, 6) is -0.670. The van der Waals surface area contributed by atoms with Gasteiger partial charge in [-0.05, 0) is 19.4 Å². The minimum atomic E-state index is -0.670. The van der Waals surface area contributed by atoms with E-state index >= 15 is 0 Å². The molecule has 2 aliphatic heterocycles. The Morgan fingerprint density at radius 2 is 1.93 bits per heavy atom. The van der Waals surface area contributed by atoms with Crippen LogP contribution in [0.2, 0.25) is 0 Å². The van der Waals surface area contributed by atoms with Gasteiger partial charge in [-0.2, -0.15) is 0 Å². The summed E-state index contributed by atoms with van der Waals surface area (Å²) in [4.78, 5) is 13.6. The van der Waals surface area contributed by atoms with Gasteiger partial charge in [0.2, 0.25) is 0 Å². The first-order valence-corrected chi connectivity index (χ1v) is 5.66. The molecule has 0 aromatic heterocycles. The van der Waals surface area contributed by atoms with Gasteiger partial charge in [-0.25, -0.2) is 0 Å². The molecule has 3 N–H and O–H groups in total. The summed E-state index contributed by atoms with van der Waals surface area (Å²) in [5, 5.41) is 15.9. The molecule has 0 aromatic rings. The Morgan fingerprint density at radius 1 is 1.20 bits per heavy atom. The zero-order valence-electron chi connectivity index (χ0n) is 8.96. The van der Waals surface area contributed by atoms with Gasteiger partial charge in [0.05, 0.1) is 0 Å². The lowest BCUT2D eigenvalue weighted by Gasteiger charge is -2.45. The molecule has 2 rings (SSSR count). The average molecular weight is 213 g/mol. The van der Waals surface area contributed by atoms with Crippen molar-refractivity contribution in [2.45, 2.75) is 18.4 Å². The molecule has 0 spiro atoms. The number of piperidine rings is 1. The van der Waals surface area contributed by atoms with Crippen LogP contribution in [0.1, 0.15) is 12.8 Å². The monoisotopic (exact) mass is 213 g/mol. The van der Waals surface area contributed by atoms with Gasteiger partial charge in [0.1, 0.15) is 5.54 Å². The number of hydrogen-bond acceptors (Lipinski definition) is 4. The van der Waals surface area contributed by atoms with Gasteiger partial charge in [0, 0.05) is 32.7 Å². The molecule has 0 aliphatic carbocycles. The van der Waals surface area contributed by atoms with E-state index in [1.165, 1.54) is 0 Å². The fraction of sp³-hybridized carbons (Fsp3) is 0.900. The highest BCUT2D eigenvalue weighted by molar-refractivity contribution is 5.79. The maximum absolute atomic E-state index is 11.5. The van der Waals surface area contributed by atoms with Crippen molar-refractivity contribution in [3.63, 3.8) is 0 Å². The summed E-state index contributed by atoms with van der Waals surface area (Å²) < 4.78 is 0. The van der Waals surface area contributed by atoms with E-state index in [0.29, 0.717) is 6.54 Å². The molecule has 2 aliphatic rings. The van der Waals surface area contributed by atoms with E-state index in [1.807, 2.05) is 0 Å². The zero-order chi connectivity index (χ0) is 10.7. The molecule has 0 amide bonds. The average Bonchev–Trinajstić information content (AvgIpc) is 2.31. The molecule has 1 atom stereocenters. The Morgan fingerprint density at radius 3 is 2.47 bits per heavy atom. The second-order valence-corrected chi connectivity index (χ2v) is 4.35. The maximum Gasteiger partial charge on any atom is 0.325 e. The first-order valence-electron chi connectivity index (χ1n) is 5.66. The van der Waals surface area contributed by atoms with Crippen LogP contribution in [-0.2, 0) is 4.79 Å². The highest BCUT2D eigenvalue weighted by atomic mass is 16.4. The van der Waals surface area contributed by atoms with Crippen LogP contribution in [0.5, 0.6) is 0 Å². The van der Waals surface area contributed by atoms with Crippen LogP contribution in [0.3, 0.4) is 0 Å². The number of hydrogen-bond donors (Lipinski definition) is 3. The van der Waals surface area contributed by atoms with E-state index in [9.17, 15) is 9.90 Å². The van der Waals surface area contributed by atoms with Crippen molar-refractivity contribution in [2.75, 3.05) is 39.3 Å². The summed E-state index contributed by atoms with van der Waals surface area (Å²) in [6, 6.07) is 0. The third kappa shape index (κ3) is 2.00. The van der Waals surface area contributed by atoms with Gasteiger partial charge in [-0.1, -0.05) is 0 Å². The maximum atomic E-state index is 11.5. The molecule has 86 valence electrons. The molecule has 1 unspecified atom stereocenters. The minimum absolute atomic E-state index is 0.586. The molecular formula is C10H19N3O2. The third-order valence-corrected chi connectivity index (χ3v) is 3.48. The number of nitrogens with one attached hydrogen (secondary N) is 2. The van der Waals surface area contributed by atoms with Crippen LogP contribution in [0.4, 0.5) is 0 Å². The third-order valence-electron chi connectivity index (χ3n) is 3.48. The molecule has 15 heavy (non-hydrogen) atoms. The van der Waals surface area contributed by atoms with Gasteiger partial charge < -0.3 is 15.7 Å². The second-order valence-electron chi connectivity index (χ2n) is 4.35. The number of piperazine rings is 1. The molecule has 0 radical (unpaired) electrons. The number of carboxylic acid groups (broad SMARTS) is 1. The molecule has 2 saturated heterocycles. The fourth-order valence-electron chi connectivity index (χ4n) is 2.57. The Labute approximate surface area is 89.8 Å². The van der Waals surface area contributed by atoms with Gasteiger partial charge >= 0.3 is 5.97 Å². The molecule has 0 aromatic carbocycles. The number of nitrogens with zero attached hydrogens (tertiary/aromatic N) is 1. The zero-order valence-corrected chi connectivity index (χ0v) is 8.96. The predicted molar refractivity (Wildman–Crippen MR) is 56.9 cm³/mol. The van der Waals surface area contributed by atoms with E-state index in [0.717, 1.165) is 45.6 Å². The van der Waals surface area contributed by atoms with Crippen molar-refractivity contribution in [1.82, 2.24) is 15.5 Å². The van der Waals surface area contributed by atoms with E-state index < -0.39 is 11.5 Å². The van der Waals surface area contributed by atoms with E-state index in [1.54, 1.807) is 0 Å². The summed E-state index contributed by atoms with van der Waals surface area (Å²) in [6.07, 6.45) is 1.73.